The molecule has 1 saturated heterocycles. The lowest BCUT2D eigenvalue weighted by molar-refractivity contribution is -0.131. The highest BCUT2D eigenvalue weighted by atomic mass is 35.5. The maximum Gasteiger partial charge on any atom is 0.223 e. The van der Waals surface area contributed by atoms with Crippen LogP contribution in [-0.4, -0.2) is 43.5 Å². The Kier molecular flexibility index (Phi) is 6.42. The topological polar surface area (TPSA) is 49.6 Å². The second-order valence-corrected chi connectivity index (χ2v) is 4.82. The molecule has 4 nitrogen and oxygen atoms in total. The van der Waals surface area contributed by atoms with Gasteiger partial charge in [-0.2, -0.15) is 0 Å². The van der Waals surface area contributed by atoms with Gasteiger partial charge in [0, 0.05) is 49.9 Å². The average molecular weight is 304 g/mol. The van der Waals surface area contributed by atoms with E-state index in [-0.39, 0.29) is 18.3 Å². The number of benzene rings is 1. The van der Waals surface area contributed by atoms with E-state index in [9.17, 15) is 4.79 Å². The monoisotopic (exact) mass is 303 g/mol. The molecule has 0 spiro atoms. The lowest BCUT2D eigenvalue weighted by Crippen LogP contribution is -2.49. The zero-order valence-electron chi connectivity index (χ0n) is 10.7. The van der Waals surface area contributed by atoms with E-state index in [1.807, 2.05) is 29.2 Å². The molecule has 1 aliphatic rings. The Labute approximate surface area is 124 Å². The van der Waals surface area contributed by atoms with Crippen molar-refractivity contribution in [2.45, 2.75) is 6.42 Å². The van der Waals surface area contributed by atoms with E-state index in [0.29, 0.717) is 13.0 Å². The maximum absolute atomic E-state index is 11.7. The molecule has 0 aliphatic carbocycles. The number of carbonyl (C=O) groups is 1. The molecule has 0 radical (unpaired) electrons. The minimum absolute atomic E-state index is 0. The quantitative estimate of drug-likeness (QED) is 0.926. The standard InChI is InChI=1S/C13H18ClN3O.ClH/c14-11-2-1-3-12(10-11)16-6-8-17(9-7-16)13(18)4-5-15;/h1-3,10H,4-9,15H2;1H. The maximum atomic E-state index is 11.7. The van der Waals surface area contributed by atoms with Gasteiger partial charge in [-0.1, -0.05) is 17.7 Å². The molecule has 0 unspecified atom stereocenters. The summed E-state index contributed by atoms with van der Waals surface area (Å²) in [6.45, 7) is 3.62. The van der Waals surface area contributed by atoms with Gasteiger partial charge in [0.25, 0.3) is 0 Å². The summed E-state index contributed by atoms with van der Waals surface area (Å²) in [4.78, 5) is 15.8. The molecule has 1 heterocycles. The lowest BCUT2D eigenvalue weighted by Gasteiger charge is -2.36. The van der Waals surface area contributed by atoms with Crippen LogP contribution < -0.4 is 10.6 Å². The fourth-order valence-corrected chi connectivity index (χ4v) is 2.35. The second-order valence-electron chi connectivity index (χ2n) is 4.39. The fraction of sp³-hybridized carbons (Fsp3) is 0.462. The van der Waals surface area contributed by atoms with Gasteiger partial charge in [-0.25, -0.2) is 0 Å². The summed E-state index contributed by atoms with van der Waals surface area (Å²) in [5.41, 5.74) is 6.52. The number of amides is 1. The van der Waals surface area contributed by atoms with Gasteiger partial charge in [-0.3, -0.25) is 4.79 Å². The van der Waals surface area contributed by atoms with Crippen LogP contribution in [0.3, 0.4) is 0 Å². The van der Waals surface area contributed by atoms with Gasteiger partial charge in [-0.05, 0) is 18.2 Å². The van der Waals surface area contributed by atoms with Crippen LogP contribution >= 0.6 is 24.0 Å². The van der Waals surface area contributed by atoms with Crippen molar-refractivity contribution in [3.05, 3.63) is 29.3 Å². The average Bonchev–Trinajstić information content (AvgIpc) is 2.39. The number of piperazine rings is 1. The minimum Gasteiger partial charge on any atom is -0.368 e. The number of rotatable bonds is 3. The Bertz CT molecular complexity index is 420. The third-order valence-electron chi connectivity index (χ3n) is 3.16. The first kappa shape index (κ1) is 16.1. The van der Waals surface area contributed by atoms with Crippen LogP contribution in [0.2, 0.25) is 5.02 Å². The third kappa shape index (κ3) is 4.27. The predicted molar refractivity (Wildman–Crippen MR) is 81.2 cm³/mol. The summed E-state index contributed by atoms with van der Waals surface area (Å²) >= 11 is 5.98. The highest BCUT2D eigenvalue weighted by molar-refractivity contribution is 6.30. The molecule has 19 heavy (non-hydrogen) atoms. The Morgan fingerprint density at radius 2 is 1.95 bits per heavy atom. The number of hydrogen-bond acceptors (Lipinski definition) is 3. The van der Waals surface area contributed by atoms with Gasteiger partial charge in [0.05, 0.1) is 0 Å². The Hall–Kier alpha value is -0.970. The molecular weight excluding hydrogens is 285 g/mol. The molecule has 2 rings (SSSR count). The minimum atomic E-state index is 0. The van der Waals surface area contributed by atoms with Crippen LogP contribution in [0.15, 0.2) is 24.3 Å². The van der Waals surface area contributed by atoms with Gasteiger partial charge < -0.3 is 15.5 Å². The van der Waals surface area contributed by atoms with Gasteiger partial charge in [0.1, 0.15) is 0 Å². The number of nitrogens with two attached hydrogens (primary N) is 1. The van der Waals surface area contributed by atoms with Crippen molar-refractivity contribution in [3.63, 3.8) is 0 Å². The highest BCUT2D eigenvalue weighted by Gasteiger charge is 2.20. The van der Waals surface area contributed by atoms with Crippen LogP contribution in [0.4, 0.5) is 5.69 Å². The summed E-state index contributed by atoms with van der Waals surface area (Å²) in [7, 11) is 0. The molecule has 1 aromatic carbocycles. The van der Waals surface area contributed by atoms with Crippen LogP contribution in [0.1, 0.15) is 6.42 Å². The molecule has 106 valence electrons. The van der Waals surface area contributed by atoms with Gasteiger partial charge in [0.15, 0.2) is 0 Å². The van der Waals surface area contributed by atoms with Crippen LogP contribution in [0.5, 0.6) is 0 Å². The molecule has 1 aliphatic heterocycles. The van der Waals surface area contributed by atoms with Crippen molar-refractivity contribution >= 4 is 35.6 Å². The highest BCUT2D eigenvalue weighted by Crippen LogP contribution is 2.20. The molecule has 2 N–H and O–H groups in total. The van der Waals surface area contributed by atoms with Crippen molar-refractivity contribution in [2.75, 3.05) is 37.6 Å². The molecule has 1 aromatic rings. The van der Waals surface area contributed by atoms with Crippen LogP contribution in [-0.2, 0) is 4.79 Å². The number of anilines is 1. The molecular formula is C13H19Cl2N3O. The molecule has 6 heteroatoms. The lowest BCUT2D eigenvalue weighted by atomic mass is 10.2. The first-order valence-electron chi connectivity index (χ1n) is 6.19. The SMILES string of the molecule is Cl.NCCC(=O)N1CCN(c2cccc(Cl)c2)CC1. The predicted octanol–water partition coefficient (Wildman–Crippen LogP) is 1.76. The molecule has 0 atom stereocenters. The first-order chi connectivity index (χ1) is 8.70. The van der Waals surface area contributed by atoms with E-state index < -0.39 is 0 Å². The van der Waals surface area contributed by atoms with Crippen molar-refractivity contribution in [1.29, 1.82) is 0 Å². The number of carbonyl (C=O) groups excluding carboxylic acids is 1. The first-order valence-corrected chi connectivity index (χ1v) is 6.57. The number of nitrogens with zero attached hydrogens (tertiary/aromatic N) is 2. The Morgan fingerprint density at radius 3 is 2.53 bits per heavy atom. The smallest absolute Gasteiger partial charge is 0.223 e. The second kappa shape index (κ2) is 7.58. The fourth-order valence-electron chi connectivity index (χ4n) is 2.17. The van der Waals surface area contributed by atoms with Crippen molar-refractivity contribution in [3.8, 4) is 0 Å². The van der Waals surface area contributed by atoms with Gasteiger partial charge in [0.2, 0.25) is 5.91 Å². The molecule has 0 aromatic heterocycles. The molecule has 0 saturated carbocycles. The van der Waals surface area contributed by atoms with Gasteiger partial charge >= 0.3 is 0 Å². The summed E-state index contributed by atoms with van der Waals surface area (Å²) in [5.74, 6) is 0.156. The van der Waals surface area contributed by atoms with E-state index in [4.69, 9.17) is 17.3 Å². The third-order valence-corrected chi connectivity index (χ3v) is 3.40. The summed E-state index contributed by atoms with van der Waals surface area (Å²) in [5, 5.41) is 0.745. The van der Waals surface area contributed by atoms with Crippen molar-refractivity contribution in [1.82, 2.24) is 4.90 Å². The van der Waals surface area contributed by atoms with Crippen molar-refractivity contribution < 1.29 is 4.79 Å². The van der Waals surface area contributed by atoms with Crippen LogP contribution in [0.25, 0.3) is 0 Å². The normalized spacial score (nSPS) is 15.1. The number of hydrogen-bond donors (Lipinski definition) is 1. The Morgan fingerprint density at radius 1 is 1.26 bits per heavy atom. The summed E-state index contributed by atoms with van der Waals surface area (Å²) < 4.78 is 0. The summed E-state index contributed by atoms with van der Waals surface area (Å²) in [6.07, 6.45) is 0.442. The van der Waals surface area contributed by atoms with Gasteiger partial charge in [-0.15, -0.1) is 12.4 Å². The zero-order chi connectivity index (χ0) is 13.0. The van der Waals surface area contributed by atoms with Crippen LogP contribution in [0, 0.1) is 0 Å². The van der Waals surface area contributed by atoms with Crippen molar-refractivity contribution in [2.24, 2.45) is 5.73 Å². The number of halogens is 2. The largest absolute Gasteiger partial charge is 0.368 e. The molecule has 1 fully saturated rings. The zero-order valence-corrected chi connectivity index (χ0v) is 12.3. The van der Waals surface area contributed by atoms with E-state index in [1.165, 1.54) is 0 Å². The molecule has 0 bridgehead atoms. The van der Waals surface area contributed by atoms with E-state index in [2.05, 4.69) is 4.90 Å². The van der Waals surface area contributed by atoms with E-state index >= 15 is 0 Å². The summed E-state index contributed by atoms with van der Waals surface area (Å²) in [6, 6.07) is 7.82. The van der Waals surface area contributed by atoms with E-state index in [1.54, 1.807) is 0 Å². The molecule has 1 amide bonds. The Balaban J connectivity index is 0.00000180. The van der Waals surface area contributed by atoms with E-state index in [0.717, 1.165) is 36.9 Å².